The summed E-state index contributed by atoms with van der Waals surface area (Å²) in [5, 5.41) is 0. The fourth-order valence-corrected chi connectivity index (χ4v) is 2.46. The zero-order valence-electron chi connectivity index (χ0n) is 11.0. The van der Waals surface area contributed by atoms with E-state index in [1.807, 2.05) is 24.3 Å². The number of hydrogen-bond acceptors (Lipinski definition) is 1. The van der Waals surface area contributed by atoms with Crippen LogP contribution in [0.3, 0.4) is 0 Å². The van der Waals surface area contributed by atoms with Gasteiger partial charge in [-0.25, -0.2) is 0 Å². The predicted molar refractivity (Wildman–Crippen MR) is 79.0 cm³/mol. The van der Waals surface area contributed by atoms with Crippen molar-refractivity contribution in [2.24, 2.45) is 0 Å². The van der Waals surface area contributed by atoms with Crippen molar-refractivity contribution in [3.05, 3.63) is 71.8 Å². The summed E-state index contributed by atoms with van der Waals surface area (Å²) in [6.07, 6.45) is 6.04. The molecule has 0 N–H and O–H groups in total. The first-order valence-electron chi connectivity index (χ1n) is 6.88. The van der Waals surface area contributed by atoms with Crippen molar-refractivity contribution < 1.29 is 4.74 Å². The summed E-state index contributed by atoms with van der Waals surface area (Å²) in [6, 6.07) is 18.7. The maximum absolute atomic E-state index is 5.87. The van der Waals surface area contributed by atoms with Gasteiger partial charge in [-0.3, -0.25) is 0 Å². The lowest BCUT2D eigenvalue weighted by atomic mass is 10.1. The first kappa shape index (κ1) is 12.0. The number of ether oxygens (including phenoxy) is 1. The van der Waals surface area contributed by atoms with Gasteiger partial charge >= 0.3 is 0 Å². The van der Waals surface area contributed by atoms with Gasteiger partial charge in [-0.1, -0.05) is 48.5 Å². The second-order valence-electron chi connectivity index (χ2n) is 4.92. The molecule has 0 radical (unpaired) electrons. The molecule has 0 atom stereocenters. The SMILES string of the molecule is C1=C(c2cccc(OCc3ccccc3)c2)CCC1. The predicted octanol–water partition coefficient (Wildman–Crippen LogP) is 4.83. The third kappa shape index (κ3) is 3.05. The van der Waals surface area contributed by atoms with Crippen molar-refractivity contribution in [3.63, 3.8) is 0 Å². The number of allylic oxidation sites excluding steroid dienone is 2. The number of benzene rings is 2. The van der Waals surface area contributed by atoms with Crippen molar-refractivity contribution in [1.29, 1.82) is 0 Å². The number of hydrogen-bond donors (Lipinski definition) is 0. The molecule has 0 saturated heterocycles. The lowest BCUT2D eigenvalue weighted by Gasteiger charge is -2.08. The van der Waals surface area contributed by atoms with E-state index >= 15 is 0 Å². The van der Waals surface area contributed by atoms with Crippen LogP contribution in [0.5, 0.6) is 5.75 Å². The molecule has 0 bridgehead atoms. The minimum absolute atomic E-state index is 0.628. The van der Waals surface area contributed by atoms with Gasteiger partial charge in [0.05, 0.1) is 0 Å². The van der Waals surface area contributed by atoms with Gasteiger partial charge in [0, 0.05) is 0 Å². The lowest BCUT2D eigenvalue weighted by molar-refractivity contribution is 0.306. The summed E-state index contributed by atoms with van der Waals surface area (Å²) in [5.41, 5.74) is 3.97. The molecule has 0 aromatic heterocycles. The molecule has 0 unspecified atom stereocenters. The zero-order chi connectivity index (χ0) is 12.9. The molecule has 2 aromatic rings. The molecule has 1 nitrogen and oxygen atoms in total. The van der Waals surface area contributed by atoms with Gasteiger partial charge < -0.3 is 4.74 Å². The average molecular weight is 250 g/mol. The highest BCUT2D eigenvalue weighted by molar-refractivity contribution is 5.68. The Hall–Kier alpha value is -2.02. The Morgan fingerprint density at radius 2 is 1.84 bits per heavy atom. The van der Waals surface area contributed by atoms with Crippen LogP contribution in [0.2, 0.25) is 0 Å². The summed E-state index contributed by atoms with van der Waals surface area (Å²) in [7, 11) is 0. The topological polar surface area (TPSA) is 9.23 Å². The van der Waals surface area contributed by atoms with Crippen molar-refractivity contribution in [2.75, 3.05) is 0 Å². The monoisotopic (exact) mass is 250 g/mol. The van der Waals surface area contributed by atoms with E-state index in [9.17, 15) is 0 Å². The first-order valence-corrected chi connectivity index (χ1v) is 6.88. The quantitative estimate of drug-likeness (QED) is 0.755. The maximum atomic E-state index is 5.87. The molecular formula is C18H18O. The lowest BCUT2D eigenvalue weighted by Crippen LogP contribution is -1.95. The summed E-state index contributed by atoms with van der Waals surface area (Å²) >= 11 is 0. The van der Waals surface area contributed by atoms with Crippen LogP contribution in [0.4, 0.5) is 0 Å². The van der Waals surface area contributed by atoms with Crippen LogP contribution in [0, 0.1) is 0 Å². The maximum Gasteiger partial charge on any atom is 0.120 e. The van der Waals surface area contributed by atoms with E-state index in [4.69, 9.17) is 4.74 Å². The van der Waals surface area contributed by atoms with Gasteiger partial charge in [-0.05, 0) is 48.1 Å². The fourth-order valence-electron chi connectivity index (χ4n) is 2.46. The zero-order valence-corrected chi connectivity index (χ0v) is 11.0. The standard InChI is InChI=1S/C18H18O/c1-2-7-15(8-3-1)14-19-18-12-6-11-17(13-18)16-9-4-5-10-16/h1-3,6-9,11-13H,4-5,10,14H2. The van der Waals surface area contributed by atoms with E-state index in [1.54, 1.807) is 0 Å². The molecular weight excluding hydrogens is 232 g/mol. The van der Waals surface area contributed by atoms with Crippen LogP contribution in [0.15, 0.2) is 60.7 Å². The minimum atomic E-state index is 0.628. The second kappa shape index (κ2) is 5.75. The molecule has 0 fully saturated rings. The Bertz CT molecular complexity index is 569. The van der Waals surface area contributed by atoms with E-state index < -0.39 is 0 Å². The van der Waals surface area contributed by atoms with Crippen LogP contribution in [-0.2, 0) is 6.61 Å². The van der Waals surface area contributed by atoms with E-state index in [0.29, 0.717) is 6.61 Å². The molecule has 3 rings (SSSR count). The van der Waals surface area contributed by atoms with Crippen LogP contribution < -0.4 is 4.74 Å². The van der Waals surface area contributed by atoms with E-state index in [2.05, 4.69) is 36.4 Å². The molecule has 1 heteroatoms. The van der Waals surface area contributed by atoms with Crippen LogP contribution in [0.1, 0.15) is 30.4 Å². The first-order chi connectivity index (χ1) is 9.42. The van der Waals surface area contributed by atoms with E-state index in [0.717, 1.165) is 5.75 Å². The van der Waals surface area contributed by atoms with Gasteiger partial charge in [0.2, 0.25) is 0 Å². The molecule has 1 aliphatic rings. The van der Waals surface area contributed by atoms with Crippen molar-refractivity contribution in [2.45, 2.75) is 25.9 Å². The average Bonchev–Trinajstić information content (AvgIpc) is 3.01. The van der Waals surface area contributed by atoms with Gasteiger partial charge in [0.1, 0.15) is 12.4 Å². The van der Waals surface area contributed by atoms with Gasteiger partial charge in [-0.15, -0.1) is 0 Å². The number of rotatable bonds is 4. The molecule has 19 heavy (non-hydrogen) atoms. The molecule has 1 aliphatic carbocycles. The Morgan fingerprint density at radius 1 is 0.947 bits per heavy atom. The molecule has 2 aromatic carbocycles. The van der Waals surface area contributed by atoms with Gasteiger partial charge in [0.15, 0.2) is 0 Å². The van der Waals surface area contributed by atoms with Crippen LogP contribution >= 0.6 is 0 Å². The highest BCUT2D eigenvalue weighted by atomic mass is 16.5. The van der Waals surface area contributed by atoms with Crippen LogP contribution in [-0.4, -0.2) is 0 Å². The molecule has 0 spiro atoms. The highest BCUT2D eigenvalue weighted by Gasteiger charge is 2.07. The van der Waals surface area contributed by atoms with Gasteiger partial charge in [0.25, 0.3) is 0 Å². The summed E-state index contributed by atoms with van der Waals surface area (Å²) in [5.74, 6) is 0.953. The summed E-state index contributed by atoms with van der Waals surface area (Å²) in [4.78, 5) is 0. The van der Waals surface area contributed by atoms with Crippen molar-refractivity contribution in [1.82, 2.24) is 0 Å². The Balaban J connectivity index is 1.70. The largest absolute Gasteiger partial charge is 0.489 e. The fraction of sp³-hybridized carbons (Fsp3) is 0.222. The third-order valence-corrected chi connectivity index (χ3v) is 3.49. The third-order valence-electron chi connectivity index (χ3n) is 3.49. The van der Waals surface area contributed by atoms with Crippen LogP contribution in [0.25, 0.3) is 5.57 Å². The molecule has 0 amide bonds. The van der Waals surface area contributed by atoms with Crippen molar-refractivity contribution >= 4 is 5.57 Å². The Labute approximate surface area is 114 Å². The van der Waals surface area contributed by atoms with Gasteiger partial charge in [-0.2, -0.15) is 0 Å². The Morgan fingerprint density at radius 3 is 2.63 bits per heavy atom. The second-order valence-corrected chi connectivity index (χ2v) is 4.92. The normalized spacial score (nSPS) is 14.2. The molecule has 96 valence electrons. The molecule has 0 heterocycles. The highest BCUT2D eigenvalue weighted by Crippen LogP contribution is 2.29. The van der Waals surface area contributed by atoms with Crippen molar-refractivity contribution in [3.8, 4) is 5.75 Å². The summed E-state index contributed by atoms with van der Waals surface area (Å²) in [6.45, 7) is 0.628. The minimum Gasteiger partial charge on any atom is -0.489 e. The van der Waals surface area contributed by atoms with E-state index in [-0.39, 0.29) is 0 Å². The summed E-state index contributed by atoms with van der Waals surface area (Å²) < 4.78 is 5.87. The molecule has 0 saturated carbocycles. The molecule has 0 aliphatic heterocycles. The smallest absolute Gasteiger partial charge is 0.120 e. The Kier molecular flexibility index (Phi) is 3.64. The van der Waals surface area contributed by atoms with E-state index in [1.165, 1.54) is 36.0 Å².